The van der Waals surface area contributed by atoms with E-state index in [9.17, 15) is 9.59 Å². The van der Waals surface area contributed by atoms with Crippen LogP contribution in [0.25, 0.3) is 0 Å². The maximum atomic E-state index is 12.3. The van der Waals surface area contributed by atoms with Crippen LogP contribution in [0.2, 0.25) is 0 Å². The molecule has 1 N–H and O–H groups in total. The van der Waals surface area contributed by atoms with E-state index in [4.69, 9.17) is 9.47 Å². The number of nitrogens with zero attached hydrogens (tertiary/aromatic N) is 2. The van der Waals surface area contributed by atoms with Gasteiger partial charge in [0.05, 0.1) is 17.8 Å². The topological polar surface area (TPSA) is 82.5 Å². The molecule has 0 unspecified atom stereocenters. The highest BCUT2D eigenvalue weighted by atomic mass is 16.6. The Balaban J connectivity index is 2.00. The second-order valence-corrected chi connectivity index (χ2v) is 7.24. The number of aromatic nitrogens is 2. The van der Waals surface area contributed by atoms with Crippen molar-refractivity contribution in [1.82, 2.24) is 15.1 Å². The molecule has 134 valence electrons. The van der Waals surface area contributed by atoms with Crippen molar-refractivity contribution >= 4 is 12.1 Å². The lowest BCUT2D eigenvalue weighted by Gasteiger charge is -2.27. The molecule has 1 amide bonds. The average molecular weight is 337 g/mol. The largest absolute Gasteiger partial charge is 0.457 e. The molecule has 1 aromatic heterocycles. The summed E-state index contributed by atoms with van der Waals surface area (Å²) < 4.78 is 12.5. The molecule has 1 heterocycles. The molecule has 1 saturated carbocycles. The summed E-state index contributed by atoms with van der Waals surface area (Å²) in [6.45, 7) is 5.46. The summed E-state index contributed by atoms with van der Waals surface area (Å²) in [6, 6.07) is -0.233. The lowest BCUT2D eigenvalue weighted by molar-refractivity contribution is 0.0122. The van der Waals surface area contributed by atoms with E-state index in [0.29, 0.717) is 5.56 Å². The third-order valence-corrected chi connectivity index (χ3v) is 3.85. The number of carbonyl (C=O) groups excluding carboxylic acids is 2. The van der Waals surface area contributed by atoms with E-state index in [2.05, 4.69) is 10.4 Å². The van der Waals surface area contributed by atoms with E-state index < -0.39 is 17.7 Å². The summed E-state index contributed by atoms with van der Waals surface area (Å²) in [4.78, 5) is 24.3. The normalized spacial score (nSPS) is 21.7. The van der Waals surface area contributed by atoms with Gasteiger partial charge in [-0.25, -0.2) is 9.59 Å². The Morgan fingerprint density at radius 2 is 1.96 bits per heavy atom. The summed E-state index contributed by atoms with van der Waals surface area (Å²) in [5, 5.41) is 6.85. The van der Waals surface area contributed by atoms with Gasteiger partial charge in [-0.2, -0.15) is 5.10 Å². The highest BCUT2D eigenvalue weighted by Crippen LogP contribution is 2.22. The summed E-state index contributed by atoms with van der Waals surface area (Å²) in [5.74, 6) is -0.411. The van der Waals surface area contributed by atoms with Crippen molar-refractivity contribution in [3.05, 3.63) is 18.0 Å². The van der Waals surface area contributed by atoms with Gasteiger partial charge in [0.15, 0.2) is 0 Å². The Hall–Kier alpha value is -2.05. The first-order valence-corrected chi connectivity index (χ1v) is 8.44. The van der Waals surface area contributed by atoms with Gasteiger partial charge in [0, 0.05) is 13.2 Å². The van der Waals surface area contributed by atoms with E-state index in [1.165, 1.54) is 6.20 Å². The molecule has 0 aliphatic heterocycles. The molecule has 7 nitrogen and oxygen atoms in total. The van der Waals surface area contributed by atoms with Crippen LogP contribution in [-0.4, -0.2) is 39.6 Å². The Morgan fingerprint density at radius 3 is 2.58 bits per heavy atom. The lowest BCUT2D eigenvalue weighted by atomic mass is 10.1. The number of hydrogen-bond acceptors (Lipinski definition) is 5. The maximum absolute atomic E-state index is 12.3. The van der Waals surface area contributed by atoms with Crippen LogP contribution in [0.5, 0.6) is 0 Å². The number of nitrogens with one attached hydrogen (secondary N) is 1. The zero-order valence-corrected chi connectivity index (χ0v) is 14.9. The first-order valence-electron chi connectivity index (χ1n) is 8.44. The minimum atomic E-state index is -0.559. The molecule has 0 saturated heterocycles. The van der Waals surface area contributed by atoms with E-state index >= 15 is 0 Å². The second-order valence-electron chi connectivity index (χ2n) is 7.24. The number of rotatable bonds is 3. The van der Waals surface area contributed by atoms with Crippen LogP contribution < -0.4 is 5.32 Å². The molecule has 2 rings (SSSR count). The summed E-state index contributed by atoms with van der Waals surface area (Å²) in [7, 11) is 1.75. The van der Waals surface area contributed by atoms with Crippen molar-refractivity contribution in [2.24, 2.45) is 7.05 Å². The molecular formula is C17H27N3O4. The second kappa shape index (κ2) is 7.68. The average Bonchev–Trinajstić information content (AvgIpc) is 2.78. The Bertz CT molecular complexity index is 577. The Morgan fingerprint density at radius 1 is 1.25 bits per heavy atom. The third kappa shape index (κ3) is 5.54. The van der Waals surface area contributed by atoms with Crippen LogP contribution in [0.15, 0.2) is 12.4 Å². The number of esters is 1. The minimum Gasteiger partial charge on any atom is -0.457 e. The molecule has 0 spiro atoms. The smallest absolute Gasteiger partial charge is 0.408 e. The molecule has 7 heteroatoms. The fourth-order valence-electron chi connectivity index (χ4n) is 2.77. The van der Waals surface area contributed by atoms with Crippen molar-refractivity contribution in [2.75, 3.05) is 0 Å². The zero-order valence-electron chi connectivity index (χ0n) is 14.9. The van der Waals surface area contributed by atoms with Crippen molar-refractivity contribution in [2.45, 2.75) is 70.6 Å². The monoisotopic (exact) mass is 337 g/mol. The van der Waals surface area contributed by atoms with Gasteiger partial charge < -0.3 is 14.8 Å². The molecule has 1 fully saturated rings. The van der Waals surface area contributed by atoms with E-state index in [-0.39, 0.29) is 12.1 Å². The fourth-order valence-corrected chi connectivity index (χ4v) is 2.77. The van der Waals surface area contributed by atoms with Gasteiger partial charge in [-0.05, 0) is 40.0 Å². The van der Waals surface area contributed by atoms with Crippen LogP contribution in [0.3, 0.4) is 0 Å². The van der Waals surface area contributed by atoms with Crippen LogP contribution >= 0.6 is 0 Å². The molecule has 1 aliphatic carbocycles. The molecule has 1 aliphatic rings. The highest BCUT2D eigenvalue weighted by molar-refractivity contribution is 5.88. The zero-order chi connectivity index (χ0) is 17.7. The standard InChI is InChI=1S/C17H27N3O4/c1-17(2,3)24-16(22)19-13-8-6-5-7-9-14(13)23-15(21)12-10-18-20(4)11-12/h10-11,13-14H,5-9H2,1-4H3,(H,19,22)/t13-,14-/m0/s1. The fraction of sp³-hybridized carbons (Fsp3) is 0.706. The van der Waals surface area contributed by atoms with Gasteiger partial charge in [0.1, 0.15) is 11.7 Å². The van der Waals surface area contributed by atoms with Gasteiger partial charge in [-0.1, -0.05) is 12.8 Å². The van der Waals surface area contributed by atoms with Gasteiger partial charge in [-0.15, -0.1) is 0 Å². The Labute approximate surface area is 142 Å². The first-order chi connectivity index (χ1) is 11.2. The number of amides is 1. The van der Waals surface area contributed by atoms with Crippen molar-refractivity contribution in [3.8, 4) is 0 Å². The first kappa shape index (κ1) is 18.3. The molecule has 0 aromatic carbocycles. The van der Waals surface area contributed by atoms with Crippen LogP contribution in [0.1, 0.15) is 63.2 Å². The van der Waals surface area contributed by atoms with E-state index in [1.807, 2.05) is 20.8 Å². The quantitative estimate of drug-likeness (QED) is 0.677. The number of ether oxygens (including phenoxy) is 2. The van der Waals surface area contributed by atoms with Crippen LogP contribution in [0.4, 0.5) is 4.79 Å². The highest BCUT2D eigenvalue weighted by Gasteiger charge is 2.30. The van der Waals surface area contributed by atoms with E-state index in [1.54, 1.807) is 17.9 Å². The summed E-state index contributed by atoms with van der Waals surface area (Å²) in [5.41, 5.74) is -0.144. The maximum Gasteiger partial charge on any atom is 0.408 e. The van der Waals surface area contributed by atoms with Crippen molar-refractivity contribution in [1.29, 1.82) is 0 Å². The third-order valence-electron chi connectivity index (χ3n) is 3.85. The van der Waals surface area contributed by atoms with Crippen molar-refractivity contribution < 1.29 is 19.1 Å². The molecule has 24 heavy (non-hydrogen) atoms. The lowest BCUT2D eigenvalue weighted by Crippen LogP contribution is -2.46. The number of carbonyl (C=O) groups is 2. The number of alkyl carbamates (subject to hydrolysis) is 1. The minimum absolute atomic E-state index is 0.233. The van der Waals surface area contributed by atoms with Gasteiger partial charge in [-0.3, -0.25) is 4.68 Å². The van der Waals surface area contributed by atoms with Crippen molar-refractivity contribution in [3.63, 3.8) is 0 Å². The van der Waals surface area contributed by atoms with E-state index in [0.717, 1.165) is 32.1 Å². The summed E-state index contributed by atoms with van der Waals surface area (Å²) >= 11 is 0. The predicted molar refractivity (Wildman–Crippen MR) is 88.7 cm³/mol. The summed E-state index contributed by atoms with van der Waals surface area (Å²) in [6.07, 6.45) is 6.79. The van der Waals surface area contributed by atoms with Crippen LogP contribution in [-0.2, 0) is 16.5 Å². The Kier molecular flexibility index (Phi) is 5.85. The van der Waals surface area contributed by atoms with Gasteiger partial charge in [0.2, 0.25) is 0 Å². The number of hydrogen-bond donors (Lipinski definition) is 1. The molecule has 1 aromatic rings. The predicted octanol–water partition coefficient (Wildman–Crippen LogP) is 2.80. The number of aryl methyl sites for hydroxylation is 1. The van der Waals surface area contributed by atoms with Gasteiger partial charge >= 0.3 is 12.1 Å². The molecular weight excluding hydrogens is 310 g/mol. The molecule has 0 radical (unpaired) electrons. The van der Waals surface area contributed by atoms with Crippen LogP contribution in [0, 0.1) is 0 Å². The molecule has 2 atom stereocenters. The van der Waals surface area contributed by atoms with Gasteiger partial charge in [0.25, 0.3) is 0 Å². The SMILES string of the molecule is Cn1cc(C(=O)O[C@H]2CCCCC[C@@H]2NC(=O)OC(C)(C)C)cn1. The molecule has 0 bridgehead atoms.